The van der Waals surface area contributed by atoms with E-state index in [4.69, 9.17) is 6.42 Å². The van der Waals surface area contributed by atoms with Gasteiger partial charge >= 0.3 is 0 Å². The van der Waals surface area contributed by atoms with Crippen LogP contribution in [-0.4, -0.2) is 24.1 Å². The molecule has 0 aliphatic heterocycles. The highest BCUT2D eigenvalue weighted by Gasteiger charge is 2.23. The van der Waals surface area contributed by atoms with E-state index >= 15 is 0 Å². The van der Waals surface area contributed by atoms with Gasteiger partial charge in [-0.25, -0.2) is 0 Å². The fourth-order valence-corrected chi connectivity index (χ4v) is 2.00. The number of rotatable bonds is 5. The molecule has 0 aromatic heterocycles. The summed E-state index contributed by atoms with van der Waals surface area (Å²) >= 11 is 0. The molecule has 23 heavy (non-hydrogen) atoms. The highest BCUT2D eigenvalue weighted by molar-refractivity contribution is 5.99. The van der Waals surface area contributed by atoms with Gasteiger partial charge in [-0.2, -0.15) is 0 Å². The summed E-state index contributed by atoms with van der Waals surface area (Å²) in [6, 6.07) is 4.01. The smallest absolute Gasteiger partial charge is 0.254 e. The van der Waals surface area contributed by atoms with E-state index in [1.807, 2.05) is 0 Å². The van der Waals surface area contributed by atoms with Crippen molar-refractivity contribution in [2.75, 3.05) is 17.7 Å². The normalized spacial score (nSPS) is 11.5. The lowest BCUT2D eigenvalue weighted by molar-refractivity contribution is 0.0960. The van der Waals surface area contributed by atoms with Crippen molar-refractivity contribution in [2.45, 2.75) is 13.0 Å². The lowest BCUT2D eigenvalue weighted by Gasteiger charge is -2.17. The Morgan fingerprint density at radius 3 is 2.52 bits per heavy atom. The molecule has 0 aliphatic rings. The van der Waals surface area contributed by atoms with Crippen molar-refractivity contribution in [3.63, 3.8) is 0 Å². The number of terminal acetylenes is 1. The topological polar surface area (TPSA) is 108 Å². The number of benzene rings is 1. The van der Waals surface area contributed by atoms with E-state index in [1.54, 1.807) is 6.92 Å². The highest BCUT2D eigenvalue weighted by Crippen LogP contribution is 2.31. The lowest BCUT2D eigenvalue weighted by Crippen LogP contribution is -2.38. The lowest BCUT2D eigenvalue weighted by atomic mass is 10.1. The molecule has 118 valence electrons. The first-order valence-electron chi connectivity index (χ1n) is 6.77. The van der Waals surface area contributed by atoms with Crippen molar-refractivity contribution in [1.29, 1.82) is 0 Å². The molecule has 0 bridgehead atoms. The van der Waals surface area contributed by atoms with E-state index in [1.165, 1.54) is 25.2 Å². The summed E-state index contributed by atoms with van der Waals surface area (Å²) in [5.41, 5.74) is -1.16. The van der Waals surface area contributed by atoms with E-state index in [-0.39, 0.29) is 28.4 Å². The van der Waals surface area contributed by atoms with Gasteiger partial charge in [0.15, 0.2) is 5.75 Å². The predicted molar refractivity (Wildman–Crippen MR) is 88.1 cm³/mol. The van der Waals surface area contributed by atoms with Gasteiger partial charge in [0, 0.05) is 7.05 Å². The van der Waals surface area contributed by atoms with Gasteiger partial charge in [0.05, 0.1) is 17.3 Å². The molecule has 0 spiro atoms. The summed E-state index contributed by atoms with van der Waals surface area (Å²) in [6.07, 6.45) is 5.23. The van der Waals surface area contributed by atoms with Crippen LogP contribution >= 0.6 is 0 Å². The van der Waals surface area contributed by atoms with E-state index in [9.17, 15) is 19.5 Å². The Bertz CT molecular complexity index is 872. The number of nitrogens with one attached hydrogen (secondary N) is 3. The van der Waals surface area contributed by atoms with Gasteiger partial charge in [-0.15, -0.1) is 6.42 Å². The van der Waals surface area contributed by atoms with Gasteiger partial charge in [0.1, 0.15) is 11.4 Å². The first-order chi connectivity index (χ1) is 10.9. The standard InChI is InChI=1S/C16H15N3O4/c1-4-8(2)18-11-12(15(22)14(11)21)19-10-7-5-6-9(13(10)20)16(23)17-3/h1,5-8,18-20H,2-3H3,(H,17,23). The number of amides is 1. The molecule has 1 amide bonds. The zero-order valence-electron chi connectivity index (χ0n) is 12.6. The van der Waals surface area contributed by atoms with Crippen molar-refractivity contribution in [1.82, 2.24) is 5.32 Å². The van der Waals surface area contributed by atoms with Gasteiger partial charge < -0.3 is 21.1 Å². The Balaban J connectivity index is 2.37. The van der Waals surface area contributed by atoms with Crippen molar-refractivity contribution < 1.29 is 9.90 Å². The van der Waals surface area contributed by atoms with E-state index < -0.39 is 22.8 Å². The number of para-hydroxylation sites is 1. The van der Waals surface area contributed by atoms with Crippen LogP contribution in [0.3, 0.4) is 0 Å². The van der Waals surface area contributed by atoms with Crippen molar-refractivity contribution >= 4 is 23.0 Å². The van der Waals surface area contributed by atoms with E-state index in [2.05, 4.69) is 21.9 Å². The number of carbonyl (C=O) groups is 1. The summed E-state index contributed by atoms with van der Waals surface area (Å²) in [4.78, 5) is 35.0. The number of anilines is 3. The summed E-state index contributed by atoms with van der Waals surface area (Å²) in [5.74, 6) is 1.59. The second-order valence-electron chi connectivity index (χ2n) is 4.85. The molecule has 2 aromatic rings. The van der Waals surface area contributed by atoms with E-state index in [0.29, 0.717) is 0 Å². The molecule has 1 unspecified atom stereocenters. The van der Waals surface area contributed by atoms with Crippen LogP contribution < -0.4 is 26.8 Å². The number of phenols is 1. The molecule has 0 saturated carbocycles. The molecule has 2 aromatic carbocycles. The largest absolute Gasteiger partial charge is 0.505 e. The Morgan fingerprint density at radius 2 is 1.91 bits per heavy atom. The Kier molecular flexibility index (Phi) is 4.37. The van der Waals surface area contributed by atoms with Gasteiger partial charge in [-0.1, -0.05) is 12.0 Å². The van der Waals surface area contributed by atoms with Crippen LogP contribution in [0, 0.1) is 12.3 Å². The molecule has 7 nitrogen and oxygen atoms in total. The maximum absolute atomic E-state index is 11.7. The maximum atomic E-state index is 11.7. The monoisotopic (exact) mass is 313 g/mol. The third-order valence-corrected chi connectivity index (χ3v) is 3.29. The minimum atomic E-state index is -0.721. The van der Waals surface area contributed by atoms with Crippen molar-refractivity contribution in [2.24, 2.45) is 0 Å². The van der Waals surface area contributed by atoms with Crippen LogP contribution in [0.4, 0.5) is 17.1 Å². The molecule has 4 N–H and O–H groups in total. The predicted octanol–water partition coefficient (Wildman–Crippen LogP) is 0.525. The number of aromatic hydroxyl groups is 1. The first-order valence-corrected chi connectivity index (χ1v) is 6.77. The Labute approximate surface area is 132 Å². The van der Waals surface area contributed by atoms with Gasteiger partial charge in [0.25, 0.3) is 16.8 Å². The molecule has 1 atom stereocenters. The molecule has 7 heteroatoms. The van der Waals surface area contributed by atoms with Crippen LogP contribution in [0.15, 0.2) is 27.8 Å². The highest BCUT2D eigenvalue weighted by atomic mass is 16.3. The first kappa shape index (κ1) is 16.1. The number of carbonyl (C=O) groups excluding carboxylic acids is 1. The number of phenolic OH excluding ortho intramolecular Hbond substituents is 1. The molecular formula is C16H15N3O4. The van der Waals surface area contributed by atoms with Crippen LogP contribution in [0.5, 0.6) is 5.75 Å². The zero-order valence-corrected chi connectivity index (χ0v) is 12.6. The Hall–Kier alpha value is -3.27. The maximum Gasteiger partial charge on any atom is 0.254 e. The third kappa shape index (κ3) is 2.87. The van der Waals surface area contributed by atoms with Crippen LogP contribution in [-0.2, 0) is 0 Å². The van der Waals surface area contributed by atoms with Gasteiger partial charge in [0.2, 0.25) is 0 Å². The van der Waals surface area contributed by atoms with Crippen LogP contribution in [0.1, 0.15) is 17.3 Å². The number of hydrogen-bond acceptors (Lipinski definition) is 6. The minimum Gasteiger partial charge on any atom is -0.505 e. The molecule has 0 radical (unpaired) electrons. The van der Waals surface area contributed by atoms with Crippen molar-refractivity contribution in [3.05, 3.63) is 44.2 Å². The average molecular weight is 313 g/mol. The second kappa shape index (κ2) is 6.23. The molecular weight excluding hydrogens is 298 g/mol. The van der Waals surface area contributed by atoms with Crippen LogP contribution in [0.25, 0.3) is 0 Å². The van der Waals surface area contributed by atoms with Gasteiger partial charge in [-0.05, 0) is 19.1 Å². The van der Waals surface area contributed by atoms with Gasteiger partial charge in [-0.3, -0.25) is 14.4 Å². The Morgan fingerprint density at radius 1 is 1.26 bits per heavy atom. The molecule has 2 rings (SSSR count). The summed E-state index contributed by atoms with van der Waals surface area (Å²) in [5, 5.41) is 17.9. The molecule has 0 heterocycles. The SMILES string of the molecule is C#CC(C)Nc1c(Nc2cccc(C(=O)NC)c2O)c(=O)c1=O. The average Bonchev–Trinajstić information content (AvgIpc) is 2.57. The van der Waals surface area contributed by atoms with Crippen LogP contribution in [0.2, 0.25) is 0 Å². The minimum absolute atomic E-state index is 0.00135. The van der Waals surface area contributed by atoms with Crippen molar-refractivity contribution in [3.8, 4) is 18.1 Å². The molecule has 0 saturated heterocycles. The fraction of sp³-hybridized carbons (Fsp3) is 0.188. The summed E-state index contributed by atoms with van der Waals surface area (Å²) in [6.45, 7) is 1.66. The summed E-state index contributed by atoms with van der Waals surface area (Å²) in [7, 11) is 1.43. The quantitative estimate of drug-likeness (QED) is 0.364. The number of hydrogen-bond donors (Lipinski definition) is 4. The second-order valence-corrected chi connectivity index (χ2v) is 4.85. The summed E-state index contributed by atoms with van der Waals surface area (Å²) < 4.78 is 0. The molecule has 0 fully saturated rings. The fourth-order valence-electron chi connectivity index (χ4n) is 2.00. The molecule has 0 aliphatic carbocycles. The zero-order chi connectivity index (χ0) is 17.1. The van der Waals surface area contributed by atoms with E-state index in [0.717, 1.165) is 0 Å². The third-order valence-electron chi connectivity index (χ3n) is 3.29.